The Kier molecular flexibility index (Phi) is 4.62. The Morgan fingerprint density at radius 1 is 1.12 bits per heavy atom. The van der Waals surface area contributed by atoms with E-state index < -0.39 is 11.9 Å². The molecule has 1 heterocycles. The van der Waals surface area contributed by atoms with Gasteiger partial charge in [-0.05, 0) is 0 Å². The fourth-order valence-corrected chi connectivity index (χ4v) is 2.13. The Morgan fingerprint density at radius 2 is 1.50 bits per heavy atom. The first-order valence-electron chi connectivity index (χ1n) is 4.09. The van der Waals surface area contributed by atoms with Crippen molar-refractivity contribution < 1.29 is 19.8 Å². The molecule has 0 spiro atoms. The van der Waals surface area contributed by atoms with Gasteiger partial charge in [0.1, 0.15) is 0 Å². The minimum absolute atomic E-state index is 0.102. The van der Waals surface area contributed by atoms with Gasteiger partial charge >= 0.3 is 11.9 Å². The number of rotatable bonds is 6. The average molecular weight is 263 g/mol. The Balaban J connectivity index is 2.61. The molecule has 0 saturated carbocycles. The van der Waals surface area contributed by atoms with Crippen molar-refractivity contribution in [3.8, 4) is 0 Å². The quantitative estimate of drug-likeness (QED) is 0.700. The molecular weight excluding hydrogens is 254 g/mol. The third-order valence-electron chi connectivity index (χ3n) is 1.44. The average Bonchev–Trinajstić information content (AvgIpc) is 2.53. The zero-order valence-electron chi connectivity index (χ0n) is 8.28. The van der Waals surface area contributed by atoms with Crippen LogP contribution in [0.25, 0.3) is 0 Å². The normalized spacial score (nSPS) is 10.3. The van der Waals surface area contributed by atoms with Crippen molar-refractivity contribution in [3.63, 3.8) is 0 Å². The summed E-state index contributed by atoms with van der Waals surface area (Å²) < 4.78 is 1.57. The Labute approximate surface area is 99.2 Å². The number of nitrogens with zero attached hydrogens (tertiary/aromatic N) is 3. The predicted molar refractivity (Wildman–Crippen MR) is 57.7 cm³/mol. The number of hydrogen-bond acceptors (Lipinski definition) is 6. The molecule has 0 saturated heterocycles. The molecule has 88 valence electrons. The van der Waals surface area contributed by atoms with Crippen LogP contribution in [0.5, 0.6) is 0 Å². The highest BCUT2D eigenvalue weighted by atomic mass is 32.2. The van der Waals surface area contributed by atoms with Gasteiger partial charge in [0.15, 0.2) is 10.3 Å². The van der Waals surface area contributed by atoms with Gasteiger partial charge in [-0.1, -0.05) is 23.5 Å². The van der Waals surface area contributed by atoms with Gasteiger partial charge in [0.25, 0.3) is 0 Å². The van der Waals surface area contributed by atoms with Crippen LogP contribution in [-0.2, 0) is 16.6 Å². The number of thioether (sulfide) groups is 2. The van der Waals surface area contributed by atoms with Crippen molar-refractivity contribution in [3.05, 3.63) is 0 Å². The molecule has 0 radical (unpaired) electrons. The van der Waals surface area contributed by atoms with Gasteiger partial charge in [-0.15, -0.1) is 10.2 Å². The molecular formula is C7H9N3O4S2. The van der Waals surface area contributed by atoms with E-state index in [0.717, 1.165) is 23.5 Å². The smallest absolute Gasteiger partial charge is 0.313 e. The summed E-state index contributed by atoms with van der Waals surface area (Å²) in [5, 5.41) is 25.4. The second kappa shape index (κ2) is 5.75. The predicted octanol–water partition coefficient (Wildman–Crippen LogP) is 0.168. The topological polar surface area (TPSA) is 105 Å². The first-order chi connectivity index (χ1) is 7.50. The van der Waals surface area contributed by atoms with Crippen LogP contribution < -0.4 is 0 Å². The lowest BCUT2D eigenvalue weighted by molar-refractivity contribution is -0.134. The van der Waals surface area contributed by atoms with Crippen LogP contribution in [0.15, 0.2) is 10.3 Å². The highest BCUT2D eigenvalue weighted by Gasteiger charge is 2.12. The van der Waals surface area contributed by atoms with Gasteiger partial charge in [0.2, 0.25) is 0 Å². The van der Waals surface area contributed by atoms with E-state index in [9.17, 15) is 9.59 Å². The maximum absolute atomic E-state index is 10.3. The van der Waals surface area contributed by atoms with Crippen molar-refractivity contribution in [1.29, 1.82) is 0 Å². The molecule has 0 aromatic carbocycles. The largest absolute Gasteiger partial charge is 0.481 e. The molecule has 2 N–H and O–H groups in total. The van der Waals surface area contributed by atoms with Crippen LogP contribution in [0.2, 0.25) is 0 Å². The van der Waals surface area contributed by atoms with Gasteiger partial charge in [0.05, 0.1) is 11.5 Å². The Hall–Kier alpha value is -1.22. The molecule has 16 heavy (non-hydrogen) atoms. The van der Waals surface area contributed by atoms with E-state index in [-0.39, 0.29) is 11.5 Å². The van der Waals surface area contributed by atoms with Crippen LogP contribution >= 0.6 is 23.5 Å². The third-order valence-corrected chi connectivity index (χ3v) is 3.45. The van der Waals surface area contributed by atoms with Crippen molar-refractivity contribution in [1.82, 2.24) is 14.8 Å². The minimum atomic E-state index is -0.937. The molecule has 0 aliphatic heterocycles. The second-order valence-corrected chi connectivity index (χ2v) is 4.57. The van der Waals surface area contributed by atoms with Crippen molar-refractivity contribution in [2.45, 2.75) is 10.3 Å². The maximum atomic E-state index is 10.3. The SMILES string of the molecule is Cn1c(SCC(=O)O)nnc1SCC(=O)O. The Bertz CT molecular complexity index is 371. The van der Waals surface area contributed by atoms with E-state index in [1.54, 1.807) is 11.6 Å². The third kappa shape index (κ3) is 3.74. The maximum Gasteiger partial charge on any atom is 0.313 e. The van der Waals surface area contributed by atoms with Crippen LogP contribution in [0.3, 0.4) is 0 Å². The molecule has 0 bridgehead atoms. The summed E-state index contributed by atoms with van der Waals surface area (Å²) in [6, 6.07) is 0. The monoisotopic (exact) mass is 263 g/mol. The van der Waals surface area contributed by atoms with Crippen LogP contribution in [0, 0.1) is 0 Å². The van der Waals surface area contributed by atoms with Gasteiger partial charge in [-0.25, -0.2) is 0 Å². The lowest BCUT2D eigenvalue weighted by atomic mass is 10.8. The Morgan fingerprint density at radius 3 is 1.81 bits per heavy atom. The molecule has 0 aliphatic carbocycles. The zero-order valence-corrected chi connectivity index (χ0v) is 9.92. The number of aromatic nitrogens is 3. The zero-order chi connectivity index (χ0) is 12.1. The van der Waals surface area contributed by atoms with Gasteiger partial charge in [-0.3, -0.25) is 9.59 Å². The summed E-state index contributed by atoms with van der Waals surface area (Å²) in [4.78, 5) is 20.7. The molecule has 7 nitrogen and oxygen atoms in total. The van der Waals surface area contributed by atoms with E-state index in [0.29, 0.717) is 10.3 Å². The van der Waals surface area contributed by atoms with Crippen molar-refractivity contribution in [2.75, 3.05) is 11.5 Å². The van der Waals surface area contributed by atoms with Gasteiger partial charge < -0.3 is 14.8 Å². The molecule has 9 heteroatoms. The summed E-state index contributed by atoms with van der Waals surface area (Å²) in [6.45, 7) is 0. The molecule has 0 fully saturated rings. The number of carboxylic acids is 2. The van der Waals surface area contributed by atoms with E-state index >= 15 is 0 Å². The summed E-state index contributed by atoms with van der Waals surface area (Å²) in [6.07, 6.45) is 0. The number of carbonyl (C=O) groups is 2. The highest BCUT2D eigenvalue weighted by molar-refractivity contribution is 8.00. The molecule has 1 aromatic rings. The van der Waals surface area contributed by atoms with Gasteiger partial charge in [0, 0.05) is 7.05 Å². The molecule has 0 aliphatic rings. The number of aliphatic carboxylic acids is 2. The molecule has 1 rings (SSSR count). The fraction of sp³-hybridized carbons (Fsp3) is 0.429. The molecule has 0 unspecified atom stereocenters. The van der Waals surface area contributed by atoms with Crippen molar-refractivity contribution >= 4 is 35.5 Å². The summed E-state index contributed by atoms with van der Waals surface area (Å²) >= 11 is 2.08. The number of hydrogen-bond donors (Lipinski definition) is 2. The molecule has 0 amide bonds. The summed E-state index contributed by atoms with van der Waals surface area (Å²) in [5.74, 6) is -2.08. The van der Waals surface area contributed by atoms with Crippen LogP contribution in [-0.4, -0.2) is 48.4 Å². The fourth-order valence-electron chi connectivity index (χ4n) is 0.805. The van der Waals surface area contributed by atoms with Gasteiger partial charge in [-0.2, -0.15) is 0 Å². The first kappa shape index (κ1) is 12.8. The van der Waals surface area contributed by atoms with Crippen molar-refractivity contribution in [2.24, 2.45) is 7.05 Å². The van der Waals surface area contributed by atoms with E-state index in [4.69, 9.17) is 10.2 Å². The lowest BCUT2D eigenvalue weighted by Gasteiger charge is -2.00. The first-order valence-corrected chi connectivity index (χ1v) is 6.06. The van der Waals surface area contributed by atoms with E-state index in [1.165, 1.54) is 0 Å². The highest BCUT2D eigenvalue weighted by Crippen LogP contribution is 2.21. The molecule has 0 atom stereocenters. The molecule has 1 aromatic heterocycles. The lowest BCUT2D eigenvalue weighted by Crippen LogP contribution is -2.02. The number of carboxylic acid groups (broad SMARTS) is 2. The van der Waals surface area contributed by atoms with Crippen LogP contribution in [0.1, 0.15) is 0 Å². The van der Waals surface area contributed by atoms with E-state index in [1.807, 2.05) is 0 Å². The second-order valence-electron chi connectivity index (χ2n) is 2.69. The summed E-state index contributed by atoms with van der Waals surface area (Å²) in [5.41, 5.74) is 0. The van der Waals surface area contributed by atoms with E-state index in [2.05, 4.69) is 10.2 Å². The standard InChI is InChI=1S/C7H9N3O4S2/c1-10-6(15-2-4(11)12)8-9-7(10)16-3-5(13)14/h2-3H2,1H3,(H,11,12)(H,13,14). The minimum Gasteiger partial charge on any atom is -0.481 e. The van der Waals surface area contributed by atoms with Crippen LogP contribution in [0.4, 0.5) is 0 Å². The summed E-state index contributed by atoms with van der Waals surface area (Å²) in [7, 11) is 1.66.